The van der Waals surface area contributed by atoms with Gasteiger partial charge in [-0.1, -0.05) is 42.5 Å². The van der Waals surface area contributed by atoms with E-state index in [9.17, 15) is 10.1 Å². The number of ether oxygens (including phenoxy) is 1. The first-order chi connectivity index (χ1) is 13.7. The van der Waals surface area contributed by atoms with E-state index in [1.54, 1.807) is 0 Å². The molecule has 0 aromatic heterocycles. The molecule has 5 nitrogen and oxygen atoms in total. The summed E-state index contributed by atoms with van der Waals surface area (Å²) in [5.74, 6) is 1.18. The summed E-state index contributed by atoms with van der Waals surface area (Å²) in [4.78, 5) is 12.2. The Kier molecular flexibility index (Phi) is 7.45. The highest BCUT2D eigenvalue weighted by Crippen LogP contribution is 2.17. The summed E-state index contributed by atoms with van der Waals surface area (Å²) in [5, 5.41) is 15.6. The summed E-state index contributed by atoms with van der Waals surface area (Å²) in [5.41, 5.74) is 2.12. The van der Waals surface area contributed by atoms with Gasteiger partial charge in [0.2, 0.25) is 5.91 Å². The maximum Gasteiger partial charge on any atom is 0.221 e. The number of nitriles is 1. The van der Waals surface area contributed by atoms with E-state index in [2.05, 4.69) is 16.7 Å². The van der Waals surface area contributed by atoms with Gasteiger partial charge >= 0.3 is 0 Å². The lowest BCUT2D eigenvalue weighted by molar-refractivity contribution is -0.122. The molecule has 0 saturated carbocycles. The third kappa shape index (κ3) is 6.40. The Balaban J connectivity index is 1.46. The van der Waals surface area contributed by atoms with Crippen LogP contribution in [0.1, 0.15) is 30.4 Å². The van der Waals surface area contributed by atoms with Gasteiger partial charge in [0.15, 0.2) is 0 Å². The number of hydrogen-bond acceptors (Lipinski definition) is 4. The minimum absolute atomic E-state index is 0.0266. The molecule has 1 atom stereocenters. The second kappa shape index (κ2) is 10.5. The highest BCUT2D eigenvalue weighted by Gasteiger charge is 2.19. The summed E-state index contributed by atoms with van der Waals surface area (Å²) >= 11 is 0. The Bertz CT molecular complexity index is 778. The minimum Gasteiger partial charge on any atom is -0.489 e. The standard InChI is InChI=1S/C23H27N3O2/c24-16-21(26-23(27)15-19-10-12-25-13-11-19)14-18-6-8-22(9-7-18)28-17-20-4-2-1-3-5-20/h1-9,19,21,25H,10-15,17H2,(H,26,27). The molecule has 1 amide bonds. The number of amides is 1. The molecule has 0 radical (unpaired) electrons. The first kappa shape index (κ1) is 19.9. The molecule has 1 aliphatic rings. The van der Waals surface area contributed by atoms with Crippen molar-refractivity contribution < 1.29 is 9.53 Å². The molecule has 28 heavy (non-hydrogen) atoms. The van der Waals surface area contributed by atoms with Crippen LogP contribution < -0.4 is 15.4 Å². The van der Waals surface area contributed by atoms with E-state index >= 15 is 0 Å². The molecule has 1 aliphatic heterocycles. The van der Waals surface area contributed by atoms with Gasteiger partial charge in [-0.05, 0) is 55.1 Å². The summed E-state index contributed by atoms with van der Waals surface area (Å²) in [6.07, 6.45) is 3.05. The first-order valence-corrected chi connectivity index (χ1v) is 9.88. The number of carbonyl (C=O) groups excluding carboxylic acids is 1. The number of rotatable bonds is 8. The fourth-order valence-corrected chi connectivity index (χ4v) is 3.43. The van der Waals surface area contributed by atoms with Crippen molar-refractivity contribution in [1.29, 1.82) is 5.26 Å². The summed E-state index contributed by atoms with van der Waals surface area (Å²) in [6, 6.07) is 19.4. The zero-order valence-corrected chi connectivity index (χ0v) is 16.1. The van der Waals surface area contributed by atoms with Crippen molar-refractivity contribution in [2.45, 2.75) is 38.3 Å². The van der Waals surface area contributed by atoms with Crippen LogP contribution in [0.15, 0.2) is 54.6 Å². The van der Waals surface area contributed by atoms with Gasteiger partial charge in [0.25, 0.3) is 0 Å². The average molecular weight is 377 g/mol. The second-order valence-electron chi connectivity index (χ2n) is 7.27. The van der Waals surface area contributed by atoms with Crippen LogP contribution in [0.3, 0.4) is 0 Å². The van der Waals surface area contributed by atoms with E-state index < -0.39 is 6.04 Å². The van der Waals surface area contributed by atoms with Crippen LogP contribution in [0.4, 0.5) is 0 Å². The van der Waals surface area contributed by atoms with Gasteiger partial charge < -0.3 is 15.4 Å². The van der Waals surface area contributed by atoms with Crippen LogP contribution in [0.2, 0.25) is 0 Å². The van der Waals surface area contributed by atoms with Crippen LogP contribution in [-0.4, -0.2) is 25.0 Å². The van der Waals surface area contributed by atoms with Crippen molar-refractivity contribution in [3.8, 4) is 11.8 Å². The lowest BCUT2D eigenvalue weighted by Crippen LogP contribution is -2.38. The van der Waals surface area contributed by atoms with Crippen LogP contribution >= 0.6 is 0 Å². The van der Waals surface area contributed by atoms with Crippen LogP contribution in [0, 0.1) is 17.2 Å². The van der Waals surface area contributed by atoms with Crippen molar-refractivity contribution >= 4 is 5.91 Å². The molecular weight excluding hydrogens is 350 g/mol. The molecule has 146 valence electrons. The Hall–Kier alpha value is -2.84. The Morgan fingerprint density at radius 2 is 1.82 bits per heavy atom. The Labute approximate surface area is 166 Å². The third-order valence-electron chi connectivity index (χ3n) is 5.04. The van der Waals surface area contributed by atoms with Gasteiger partial charge in [-0.2, -0.15) is 5.26 Å². The number of benzene rings is 2. The quantitative estimate of drug-likeness (QED) is 0.741. The van der Waals surface area contributed by atoms with Gasteiger partial charge in [0.05, 0.1) is 6.07 Å². The van der Waals surface area contributed by atoms with Crippen molar-refractivity contribution in [2.24, 2.45) is 5.92 Å². The van der Waals surface area contributed by atoms with E-state index in [0.29, 0.717) is 25.4 Å². The molecule has 1 unspecified atom stereocenters. The predicted octanol–water partition coefficient (Wildman–Crippen LogP) is 3.21. The molecule has 0 spiro atoms. The number of carbonyl (C=O) groups is 1. The molecule has 1 heterocycles. The SMILES string of the molecule is N#CC(Cc1ccc(OCc2ccccc2)cc1)NC(=O)CC1CCNCC1. The average Bonchev–Trinajstić information content (AvgIpc) is 2.74. The van der Waals surface area contributed by atoms with E-state index in [1.165, 1.54) is 0 Å². The van der Waals surface area contributed by atoms with E-state index in [-0.39, 0.29) is 5.91 Å². The molecular formula is C23H27N3O2. The number of hydrogen-bond donors (Lipinski definition) is 2. The maximum absolute atomic E-state index is 12.2. The molecule has 1 saturated heterocycles. The first-order valence-electron chi connectivity index (χ1n) is 9.88. The molecule has 2 aromatic carbocycles. The fraction of sp³-hybridized carbons (Fsp3) is 0.391. The van der Waals surface area contributed by atoms with Crippen LogP contribution in [0.5, 0.6) is 5.75 Å². The molecule has 2 aromatic rings. The molecule has 0 aliphatic carbocycles. The number of piperidine rings is 1. The van der Waals surface area contributed by atoms with E-state index in [0.717, 1.165) is 42.8 Å². The Morgan fingerprint density at radius 3 is 2.50 bits per heavy atom. The summed E-state index contributed by atoms with van der Waals surface area (Å²) in [7, 11) is 0. The lowest BCUT2D eigenvalue weighted by atomic mass is 9.94. The molecule has 5 heteroatoms. The van der Waals surface area contributed by atoms with Gasteiger partial charge in [-0.15, -0.1) is 0 Å². The lowest BCUT2D eigenvalue weighted by Gasteiger charge is -2.22. The monoisotopic (exact) mass is 377 g/mol. The van der Waals surface area contributed by atoms with Crippen LogP contribution in [0.25, 0.3) is 0 Å². The largest absolute Gasteiger partial charge is 0.489 e. The molecule has 0 bridgehead atoms. The summed E-state index contributed by atoms with van der Waals surface area (Å²) in [6.45, 7) is 2.46. The van der Waals surface area contributed by atoms with Crippen molar-refractivity contribution in [3.63, 3.8) is 0 Å². The zero-order chi connectivity index (χ0) is 19.6. The zero-order valence-electron chi connectivity index (χ0n) is 16.1. The van der Waals surface area contributed by atoms with E-state index in [4.69, 9.17) is 4.74 Å². The number of nitrogens with zero attached hydrogens (tertiary/aromatic N) is 1. The molecule has 3 rings (SSSR count). The molecule has 2 N–H and O–H groups in total. The van der Waals surface area contributed by atoms with Crippen molar-refractivity contribution in [1.82, 2.24) is 10.6 Å². The van der Waals surface area contributed by atoms with Gasteiger partial charge in [-0.25, -0.2) is 0 Å². The normalized spacial score (nSPS) is 15.4. The van der Waals surface area contributed by atoms with Gasteiger partial charge in [0.1, 0.15) is 18.4 Å². The highest BCUT2D eigenvalue weighted by molar-refractivity contribution is 5.76. The van der Waals surface area contributed by atoms with Gasteiger partial charge in [-0.3, -0.25) is 4.79 Å². The third-order valence-corrected chi connectivity index (χ3v) is 5.04. The number of nitrogens with one attached hydrogen (secondary N) is 2. The van der Waals surface area contributed by atoms with Gasteiger partial charge in [0, 0.05) is 12.8 Å². The smallest absolute Gasteiger partial charge is 0.221 e. The maximum atomic E-state index is 12.2. The van der Waals surface area contributed by atoms with E-state index in [1.807, 2.05) is 54.6 Å². The minimum atomic E-state index is -0.509. The van der Waals surface area contributed by atoms with Crippen molar-refractivity contribution in [2.75, 3.05) is 13.1 Å². The predicted molar refractivity (Wildman–Crippen MR) is 109 cm³/mol. The topological polar surface area (TPSA) is 74.1 Å². The molecule has 1 fully saturated rings. The Morgan fingerprint density at radius 1 is 1.11 bits per heavy atom. The van der Waals surface area contributed by atoms with Crippen molar-refractivity contribution in [3.05, 3.63) is 65.7 Å². The highest BCUT2D eigenvalue weighted by atomic mass is 16.5. The summed E-state index contributed by atoms with van der Waals surface area (Å²) < 4.78 is 5.79. The second-order valence-corrected chi connectivity index (χ2v) is 7.27. The fourth-order valence-electron chi connectivity index (χ4n) is 3.43. The van der Waals surface area contributed by atoms with Crippen LogP contribution in [-0.2, 0) is 17.8 Å².